The molecule has 0 saturated carbocycles. The van der Waals surface area contributed by atoms with Gasteiger partial charge in [-0.3, -0.25) is 4.79 Å². The van der Waals surface area contributed by atoms with Crippen molar-refractivity contribution in [1.82, 2.24) is 15.8 Å². The predicted octanol–water partition coefficient (Wildman–Crippen LogP) is 0.855. The number of nitrogens with one attached hydrogen (secondary N) is 2. The van der Waals surface area contributed by atoms with Crippen molar-refractivity contribution in [2.75, 3.05) is 13.1 Å². The van der Waals surface area contributed by atoms with E-state index in [9.17, 15) is 4.79 Å². The van der Waals surface area contributed by atoms with Gasteiger partial charge in [0.15, 0.2) is 0 Å². The molecule has 0 atom stereocenters. The molecule has 0 radical (unpaired) electrons. The fraction of sp³-hybridized carbons (Fsp3) is 0.636. The van der Waals surface area contributed by atoms with Crippen LogP contribution in [0.1, 0.15) is 35.9 Å². The van der Waals surface area contributed by atoms with Crippen LogP contribution in [0.5, 0.6) is 0 Å². The molecule has 0 aromatic carbocycles. The fourth-order valence-electron chi connectivity index (χ4n) is 1.96. The summed E-state index contributed by atoms with van der Waals surface area (Å²) in [7, 11) is 0. The van der Waals surface area contributed by atoms with Crippen LogP contribution in [0, 0.1) is 6.92 Å². The molecule has 0 spiro atoms. The van der Waals surface area contributed by atoms with E-state index in [1.807, 2.05) is 0 Å². The third kappa shape index (κ3) is 2.24. The molecular weight excluding hydrogens is 206 g/mol. The third-order valence-corrected chi connectivity index (χ3v) is 3.12. The van der Waals surface area contributed by atoms with Gasteiger partial charge in [-0.05, 0) is 39.8 Å². The van der Waals surface area contributed by atoms with Gasteiger partial charge in [0.05, 0.1) is 6.20 Å². The predicted molar refractivity (Wildman–Crippen MR) is 59.2 cm³/mol. The van der Waals surface area contributed by atoms with Crippen LogP contribution in [-0.2, 0) is 0 Å². The van der Waals surface area contributed by atoms with Crippen molar-refractivity contribution in [3.05, 3.63) is 17.5 Å². The molecule has 1 aromatic heterocycles. The molecule has 1 aromatic rings. The highest BCUT2D eigenvalue weighted by Gasteiger charge is 2.29. The minimum atomic E-state index is -0.119. The highest BCUT2D eigenvalue weighted by molar-refractivity contribution is 5.95. The van der Waals surface area contributed by atoms with E-state index in [2.05, 4.69) is 22.7 Å². The maximum Gasteiger partial charge on any atom is 0.256 e. The smallest absolute Gasteiger partial charge is 0.256 e. The number of carbonyl (C=O) groups excluding carboxylic acids is 1. The quantitative estimate of drug-likeness (QED) is 0.780. The zero-order chi connectivity index (χ0) is 11.6. The van der Waals surface area contributed by atoms with Gasteiger partial charge in [-0.15, -0.1) is 0 Å². The molecule has 0 bridgehead atoms. The summed E-state index contributed by atoms with van der Waals surface area (Å²) in [6, 6.07) is 0. The molecule has 1 fully saturated rings. The minimum absolute atomic E-state index is 0.0943. The second kappa shape index (κ2) is 4.25. The van der Waals surface area contributed by atoms with Gasteiger partial charge in [0, 0.05) is 5.54 Å². The Hall–Kier alpha value is -1.36. The Morgan fingerprint density at radius 2 is 2.25 bits per heavy atom. The van der Waals surface area contributed by atoms with Gasteiger partial charge >= 0.3 is 0 Å². The number of nitrogens with zero attached hydrogens (tertiary/aromatic N) is 1. The van der Waals surface area contributed by atoms with Gasteiger partial charge in [0.2, 0.25) is 0 Å². The lowest BCUT2D eigenvalue weighted by molar-refractivity contribution is 0.0886. The van der Waals surface area contributed by atoms with Crippen LogP contribution >= 0.6 is 0 Å². The SMILES string of the molecule is Cc1oncc1C(=O)NC1(C)CCNCC1. The number of hydrogen-bond acceptors (Lipinski definition) is 4. The summed E-state index contributed by atoms with van der Waals surface area (Å²) < 4.78 is 4.88. The number of hydrogen-bond donors (Lipinski definition) is 2. The Morgan fingerprint density at radius 1 is 1.56 bits per heavy atom. The number of piperidine rings is 1. The first-order valence-corrected chi connectivity index (χ1v) is 5.55. The number of aryl methyl sites for hydroxylation is 1. The van der Waals surface area contributed by atoms with Gasteiger partial charge in [0.1, 0.15) is 11.3 Å². The molecule has 5 nitrogen and oxygen atoms in total. The maximum atomic E-state index is 12.0. The normalized spacial score (nSPS) is 19.4. The summed E-state index contributed by atoms with van der Waals surface area (Å²) in [5, 5.41) is 9.95. The van der Waals surface area contributed by atoms with Crippen molar-refractivity contribution in [1.29, 1.82) is 0 Å². The number of rotatable bonds is 2. The zero-order valence-corrected chi connectivity index (χ0v) is 9.67. The molecule has 2 heterocycles. The number of carbonyl (C=O) groups is 1. The Morgan fingerprint density at radius 3 is 2.81 bits per heavy atom. The summed E-state index contributed by atoms with van der Waals surface area (Å²) in [4.78, 5) is 12.0. The van der Waals surface area contributed by atoms with Gasteiger partial charge in [-0.2, -0.15) is 0 Å². The third-order valence-electron chi connectivity index (χ3n) is 3.12. The molecule has 16 heavy (non-hydrogen) atoms. The molecule has 0 aliphatic carbocycles. The van der Waals surface area contributed by atoms with E-state index in [1.165, 1.54) is 6.20 Å². The molecule has 1 aliphatic heterocycles. The molecule has 2 N–H and O–H groups in total. The first kappa shape index (κ1) is 11.1. The van der Waals surface area contributed by atoms with E-state index in [0.717, 1.165) is 25.9 Å². The molecule has 1 saturated heterocycles. The van der Waals surface area contributed by atoms with Gasteiger partial charge in [-0.1, -0.05) is 5.16 Å². The summed E-state index contributed by atoms with van der Waals surface area (Å²) in [5.41, 5.74) is 0.409. The van der Waals surface area contributed by atoms with Crippen molar-refractivity contribution in [3.63, 3.8) is 0 Å². The van der Waals surface area contributed by atoms with Crippen molar-refractivity contribution < 1.29 is 9.32 Å². The van der Waals surface area contributed by atoms with Crippen LogP contribution in [0.4, 0.5) is 0 Å². The van der Waals surface area contributed by atoms with Crippen LogP contribution in [0.15, 0.2) is 10.7 Å². The van der Waals surface area contributed by atoms with Crippen molar-refractivity contribution in [2.24, 2.45) is 0 Å². The van der Waals surface area contributed by atoms with Gasteiger partial charge in [-0.25, -0.2) is 0 Å². The molecule has 88 valence electrons. The molecule has 0 unspecified atom stereocenters. The number of amides is 1. The topological polar surface area (TPSA) is 67.2 Å². The van der Waals surface area contributed by atoms with Crippen LogP contribution in [0.2, 0.25) is 0 Å². The van der Waals surface area contributed by atoms with E-state index in [0.29, 0.717) is 11.3 Å². The molecule has 1 aliphatic rings. The summed E-state index contributed by atoms with van der Waals surface area (Å²) >= 11 is 0. The first-order chi connectivity index (χ1) is 7.61. The molecule has 2 rings (SSSR count). The second-order valence-corrected chi connectivity index (χ2v) is 4.56. The highest BCUT2D eigenvalue weighted by atomic mass is 16.5. The zero-order valence-electron chi connectivity index (χ0n) is 9.67. The van der Waals surface area contributed by atoms with Crippen molar-refractivity contribution in [2.45, 2.75) is 32.2 Å². The largest absolute Gasteiger partial charge is 0.361 e. The van der Waals surface area contributed by atoms with E-state index < -0.39 is 0 Å². The van der Waals surface area contributed by atoms with Crippen LogP contribution in [0.3, 0.4) is 0 Å². The Balaban J connectivity index is 2.04. The summed E-state index contributed by atoms with van der Waals surface area (Å²) in [5.74, 6) is 0.471. The van der Waals surface area contributed by atoms with E-state index in [-0.39, 0.29) is 11.4 Å². The lowest BCUT2D eigenvalue weighted by Crippen LogP contribution is -2.52. The summed E-state index contributed by atoms with van der Waals surface area (Å²) in [6.07, 6.45) is 3.36. The maximum absolute atomic E-state index is 12.0. The minimum Gasteiger partial charge on any atom is -0.361 e. The first-order valence-electron chi connectivity index (χ1n) is 5.55. The van der Waals surface area contributed by atoms with Crippen LogP contribution in [0.25, 0.3) is 0 Å². The Kier molecular flexibility index (Phi) is 2.96. The molecule has 5 heteroatoms. The molecule has 1 amide bonds. The van der Waals surface area contributed by atoms with Crippen LogP contribution in [-0.4, -0.2) is 29.7 Å². The van der Waals surface area contributed by atoms with E-state index in [1.54, 1.807) is 6.92 Å². The summed E-state index contributed by atoms with van der Waals surface area (Å²) in [6.45, 7) is 5.71. The van der Waals surface area contributed by atoms with Gasteiger partial charge < -0.3 is 15.2 Å². The lowest BCUT2D eigenvalue weighted by Gasteiger charge is -2.34. The van der Waals surface area contributed by atoms with Crippen LogP contribution < -0.4 is 10.6 Å². The number of aromatic nitrogens is 1. The average Bonchev–Trinajstić information content (AvgIpc) is 2.65. The van der Waals surface area contributed by atoms with Gasteiger partial charge in [0.25, 0.3) is 5.91 Å². The average molecular weight is 223 g/mol. The monoisotopic (exact) mass is 223 g/mol. The Bertz CT molecular complexity index is 380. The lowest BCUT2D eigenvalue weighted by atomic mass is 9.90. The van der Waals surface area contributed by atoms with Crippen molar-refractivity contribution in [3.8, 4) is 0 Å². The fourth-order valence-corrected chi connectivity index (χ4v) is 1.96. The van der Waals surface area contributed by atoms with Crippen molar-refractivity contribution >= 4 is 5.91 Å². The Labute approximate surface area is 94.6 Å². The van der Waals surface area contributed by atoms with E-state index >= 15 is 0 Å². The molecular formula is C11H17N3O2. The highest BCUT2D eigenvalue weighted by Crippen LogP contribution is 2.18. The standard InChI is InChI=1S/C11H17N3O2/c1-8-9(7-13-16-8)10(15)14-11(2)3-5-12-6-4-11/h7,12H,3-6H2,1-2H3,(H,14,15). The second-order valence-electron chi connectivity index (χ2n) is 4.56. The van der Waals surface area contributed by atoms with E-state index in [4.69, 9.17) is 4.52 Å².